The molecule has 0 amide bonds. The first-order chi connectivity index (χ1) is 34.4. The molecule has 1 aliphatic rings. The number of rotatable bonds is 40. The van der Waals surface area contributed by atoms with Gasteiger partial charge in [0.15, 0.2) is 11.6 Å². The van der Waals surface area contributed by atoms with E-state index >= 15 is 0 Å². The van der Waals surface area contributed by atoms with Crippen molar-refractivity contribution in [3.63, 3.8) is 0 Å². The second-order valence-corrected chi connectivity index (χ2v) is 22.9. The van der Waals surface area contributed by atoms with Gasteiger partial charge in [0.2, 0.25) is 0 Å². The van der Waals surface area contributed by atoms with Crippen molar-refractivity contribution in [2.45, 2.75) is 265 Å². The zero-order valence-corrected chi connectivity index (χ0v) is 45.8. The van der Waals surface area contributed by atoms with Crippen LogP contribution in [0, 0.1) is 0 Å². The zero-order valence-electron chi connectivity index (χ0n) is 44.2. The molecule has 0 fully saturated rings. The number of hydrogen-bond acceptors (Lipinski definition) is 6. The molecule has 5 rings (SSSR count). The molecule has 0 saturated heterocycles. The lowest BCUT2D eigenvalue weighted by molar-refractivity contribution is 0.0974. The average molecular weight is 988 g/mol. The molecule has 4 aromatic carbocycles. The SMILES string of the molecule is CCCCCCCCCCCCCCCCCCCc1ccc(Sc2cccc3c2C(=O)c2c(Sc4ccc(CCCCCCCCCCCCCCCCCCC)cc4N)cccc2C3=O)c(N)c1. The zero-order chi connectivity index (χ0) is 49.4. The Kier molecular flexibility index (Phi) is 28.6. The van der Waals surface area contributed by atoms with Gasteiger partial charge in [0, 0.05) is 53.2 Å². The van der Waals surface area contributed by atoms with Crippen LogP contribution < -0.4 is 11.5 Å². The van der Waals surface area contributed by atoms with E-state index in [9.17, 15) is 9.59 Å². The van der Waals surface area contributed by atoms with Crippen LogP contribution >= 0.6 is 23.5 Å². The molecule has 0 heterocycles. The topological polar surface area (TPSA) is 86.2 Å². The minimum atomic E-state index is -0.126. The van der Waals surface area contributed by atoms with Crippen molar-refractivity contribution < 1.29 is 9.59 Å². The van der Waals surface area contributed by atoms with Crippen molar-refractivity contribution in [3.8, 4) is 0 Å². The first kappa shape index (κ1) is 57.4. The smallest absolute Gasteiger partial charge is 0.196 e. The summed E-state index contributed by atoms with van der Waals surface area (Å²) in [6.07, 6.45) is 48.7. The minimum Gasteiger partial charge on any atom is -0.398 e. The standard InChI is InChI=1S/C64H94N2O2S2/c1-3-5-7-9-11-13-15-17-19-21-23-25-27-29-31-33-35-39-51-45-47-57(55(65)49-51)69-59-43-37-41-53-61(59)64(68)62-54(63(53)67)42-38-44-60(62)70-58-48-46-52(50-56(58)66)40-36-34-32-30-28-26-24-22-20-18-16-14-12-10-8-6-4-2/h37-38,41-50H,3-36,39-40,65-66H2,1-2H3. The summed E-state index contributed by atoms with van der Waals surface area (Å²) in [6.45, 7) is 4.58. The van der Waals surface area contributed by atoms with E-state index in [4.69, 9.17) is 11.5 Å². The second-order valence-electron chi connectivity index (χ2n) is 20.8. The highest BCUT2D eigenvalue weighted by Crippen LogP contribution is 2.43. The number of carbonyl (C=O) groups is 2. The lowest BCUT2D eigenvalue weighted by atomic mass is 9.84. The molecule has 70 heavy (non-hydrogen) atoms. The molecular formula is C64H94N2O2S2. The molecule has 4 N–H and O–H groups in total. The molecule has 0 spiro atoms. The minimum absolute atomic E-state index is 0.121. The third kappa shape index (κ3) is 20.6. The molecule has 0 bridgehead atoms. The monoisotopic (exact) mass is 987 g/mol. The normalized spacial score (nSPS) is 12.2. The highest BCUT2D eigenvalue weighted by molar-refractivity contribution is 8.00. The van der Waals surface area contributed by atoms with Crippen LogP contribution in [0.2, 0.25) is 0 Å². The van der Waals surface area contributed by atoms with E-state index in [0.717, 1.165) is 32.4 Å². The second kappa shape index (κ2) is 34.8. The number of nitrogen functional groups attached to an aromatic ring is 2. The first-order valence-electron chi connectivity index (χ1n) is 28.9. The molecule has 0 aromatic heterocycles. The van der Waals surface area contributed by atoms with Crippen LogP contribution in [0.25, 0.3) is 0 Å². The van der Waals surface area contributed by atoms with Gasteiger partial charge in [-0.05, 0) is 73.2 Å². The number of anilines is 2. The van der Waals surface area contributed by atoms with Gasteiger partial charge in [-0.15, -0.1) is 0 Å². The Morgan fingerprint density at radius 2 is 0.614 bits per heavy atom. The summed E-state index contributed by atoms with van der Waals surface area (Å²) in [5.74, 6) is -0.247. The van der Waals surface area contributed by atoms with Crippen LogP contribution in [0.5, 0.6) is 0 Å². The van der Waals surface area contributed by atoms with Gasteiger partial charge in [-0.25, -0.2) is 0 Å². The predicted octanol–water partition coefficient (Wildman–Crippen LogP) is 20.3. The number of hydrogen-bond donors (Lipinski definition) is 2. The van der Waals surface area contributed by atoms with Crippen LogP contribution in [-0.2, 0) is 12.8 Å². The van der Waals surface area contributed by atoms with Gasteiger partial charge in [0.05, 0.1) is 0 Å². The molecule has 384 valence electrons. The fourth-order valence-corrected chi connectivity index (χ4v) is 12.4. The Balaban J connectivity index is 1.01. The molecule has 0 saturated carbocycles. The number of benzene rings is 4. The molecule has 0 atom stereocenters. The summed E-state index contributed by atoms with van der Waals surface area (Å²) in [6, 6.07) is 23.9. The lowest BCUT2D eigenvalue weighted by Crippen LogP contribution is -2.22. The van der Waals surface area contributed by atoms with Crippen LogP contribution in [0.3, 0.4) is 0 Å². The van der Waals surface area contributed by atoms with Gasteiger partial charge >= 0.3 is 0 Å². The number of fused-ring (bicyclic) bond motifs is 2. The van der Waals surface area contributed by atoms with Crippen molar-refractivity contribution in [1.82, 2.24) is 0 Å². The molecule has 4 nitrogen and oxygen atoms in total. The van der Waals surface area contributed by atoms with Gasteiger partial charge in [-0.1, -0.05) is 279 Å². The number of aryl methyl sites for hydroxylation is 2. The molecule has 6 heteroatoms. The quantitative estimate of drug-likeness (QED) is 0.0300. The third-order valence-corrected chi connectivity index (χ3v) is 17.0. The maximum Gasteiger partial charge on any atom is 0.196 e. The van der Waals surface area contributed by atoms with E-state index in [1.165, 1.54) is 253 Å². The highest BCUT2D eigenvalue weighted by Gasteiger charge is 2.34. The predicted molar refractivity (Wildman–Crippen MR) is 305 cm³/mol. The molecule has 4 aromatic rings. The Bertz CT molecular complexity index is 1970. The number of carbonyl (C=O) groups excluding carboxylic acids is 2. The molecule has 0 aliphatic heterocycles. The van der Waals surface area contributed by atoms with E-state index < -0.39 is 0 Å². The maximum atomic E-state index is 14.6. The summed E-state index contributed by atoms with van der Waals surface area (Å²) in [5.41, 5.74) is 19.1. The summed E-state index contributed by atoms with van der Waals surface area (Å²) >= 11 is 2.95. The van der Waals surface area contributed by atoms with E-state index in [1.807, 2.05) is 24.3 Å². The number of nitrogens with two attached hydrogens (primary N) is 2. The van der Waals surface area contributed by atoms with Gasteiger partial charge in [-0.2, -0.15) is 0 Å². The Labute approximate surface area is 435 Å². The van der Waals surface area contributed by atoms with Crippen molar-refractivity contribution in [2.24, 2.45) is 0 Å². The summed E-state index contributed by atoms with van der Waals surface area (Å²) in [7, 11) is 0. The largest absolute Gasteiger partial charge is 0.398 e. The summed E-state index contributed by atoms with van der Waals surface area (Å²) in [5, 5.41) is 0. The lowest BCUT2D eigenvalue weighted by Gasteiger charge is -2.22. The van der Waals surface area contributed by atoms with Gasteiger partial charge in [0.1, 0.15) is 0 Å². The van der Waals surface area contributed by atoms with Crippen LogP contribution in [0.15, 0.2) is 92.4 Å². The fourth-order valence-electron chi connectivity index (χ4n) is 10.4. The fraction of sp³-hybridized carbons (Fsp3) is 0.594. The van der Waals surface area contributed by atoms with Crippen molar-refractivity contribution >= 4 is 46.5 Å². The Morgan fingerprint density at radius 3 is 0.900 bits per heavy atom. The van der Waals surface area contributed by atoms with Gasteiger partial charge in [0.25, 0.3) is 0 Å². The van der Waals surface area contributed by atoms with Crippen LogP contribution in [0.1, 0.15) is 275 Å². The molecule has 0 unspecified atom stereocenters. The number of ketones is 2. The Morgan fingerprint density at radius 1 is 0.329 bits per heavy atom. The van der Waals surface area contributed by atoms with Gasteiger partial charge in [-0.3, -0.25) is 9.59 Å². The first-order valence-corrected chi connectivity index (χ1v) is 30.5. The summed E-state index contributed by atoms with van der Waals surface area (Å²) in [4.78, 5) is 31.9. The van der Waals surface area contributed by atoms with Crippen LogP contribution in [0.4, 0.5) is 11.4 Å². The maximum absolute atomic E-state index is 14.6. The van der Waals surface area contributed by atoms with E-state index in [0.29, 0.717) is 33.6 Å². The van der Waals surface area contributed by atoms with Crippen molar-refractivity contribution in [3.05, 3.63) is 106 Å². The number of unbranched alkanes of at least 4 members (excludes halogenated alkanes) is 32. The van der Waals surface area contributed by atoms with Gasteiger partial charge < -0.3 is 11.5 Å². The highest BCUT2D eigenvalue weighted by atomic mass is 32.2. The summed E-state index contributed by atoms with van der Waals surface area (Å²) < 4.78 is 0. The van der Waals surface area contributed by atoms with Crippen molar-refractivity contribution in [2.75, 3.05) is 11.5 Å². The van der Waals surface area contributed by atoms with E-state index in [2.05, 4.69) is 50.2 Å². The molecular weight excluding hydrogens is 893 g/mol. The van der Waals surface area contributed by atoms with E-state index in [-0.39, 0.29) is 11.6 Å². The van der Waals surface area contributed by atoms with Crippen LogP contribution in [-0.4, -0.2) is 11.6 Å². The molecule has 0 radical (unpaired) electrons. The molecule has 1 aliphatic carbocycles. The van der Waals surface area contributed by atoms with E-state index in [1.54, 1.807) is 12.1 Å². The Hall–Kier alpha value is -3.48. The third-order valence-electron chi connectivity index (χ3n) is 14.7. The van der Waals surface area contributed by atoms with Crippen molar-refractivity contribution in [1.29, 1.82) is 0 Å². The average Bonchev–Trinajstić information content (AvgIpc) is 3.36.